The number of nitrogens with one attached hydrogen (secondary N) is 1. The third kappa shape index (κ3) is 5.14. The number of benzene rings is 2. The predicted octanol–water partition coefficient (Wildman–Crippen LogP) is 6.95. The van der Waals surface area contributed by atoms with Crippen LogP contribution in [0.3, 0.4) is 0 Å². The van der Waals surface area contributed by atoms with E-state index >= 15 is 0 Å². The summed E-state index contributed by atoms with van der Waals surface area (Å²) in [6.45, 7) is 2.39. The zero-order valence-corrected chi connectivity index (χ0v) is 26.8. The fourth-order valence-electron chi connectivity index (χ4n) is 7.29. The van der Waals surface area contributed by atoms with Crippen molar-refractivity contribution in [2.45, 2.75) is 57.2 Å². The molecule has 0 bridgehead atoms. The molecule has 0 saturated carbocycles. The SMILES string of the molecule is CO[C@@H]1C[C@@H](NC(=O)c2ccc(-c3c4c(nc(CCc5ccc(F)cc5)c3-c3nnc(C)o3)[C@H]3CCCN3C4=O)s2)c2ccccc21. The molecule has 0 spiro atoms. The maximum Gasteiger partial charge on any atom is 0.261 e. The minimum absolute atomic E-state index is 0.0693. The molecule has 1 fully saturated rings. The van der Waals surface area contributed by atoms with Crippen molar-refractivity contribution in [3.8, 4) is 21.9 Å². The molecule has 3 aliphatic rings. The highest BCUT2D eigenvalue weighted by molar-refractivity contribution is 7.17. The van der Waals surface area contributed by atoms with Crippen LogP contribution in [-0.4, -0.2) is 45.6 Å². The van der Waals surface area contributed by atoms with Gasteiger partial charge in [0.25, 0.3) is 11.8 Å². The van der Waals surface area contributed by atoms with Gasteiger partial charge in [-0.2, -0.15) is 0 Å². The summed E-state index contributed by atoms with van der Waals surface area (Å²) < 4.78 is 25.3. The smallest absolute Gasteiger partial charge is 0.261 e. The maximum absolute atomic E-state index is 14.0. The van der Waals surface area contributed by atoms with Gasteiger partial charge in [-0.05, 0) is 66.6 Å². The summed E-state index contributed by atoms with van der Waals surface area (Å²) in [5.41, 5.74) is 6.39. The van der Waals surface area contributed by atoms with Gasteiger partial charge in [0.1, 0.15) is 5.82 Å². The van der Waals surface area contributed by atoms with Gasteiger partial charge in [-0.3, -0.25) is 14.6 Å². The van der Waals surface area contributed by atoms with Crippen LogP contribution in [0.2, 0.25) is 0 Å². The van der Waals surface area contributed by atoms with E-state index in [1.54, 1.807) is 32.2 Å². The number of ether oxygens (including phenoxy) is 1. The fraction of sp³-hybridized carbons (Fsp3) is 0.306. The first-order chi connectivity index (χ1) is 22.9. The van der Waals surface area contributed by atoms with E-state index in [1.807, 2.05) is 35.2 Å². The quantitative estimate of drug-likeness (QED) is 0.194. The molecule has 3 aromatic heterocycles. The van der Waals surface area contributed by atoms with E-state index in [9.17, 15) is 14.0 Å². The summed E-state index contributed by atoms with van der Waals surface area (Å²) in [5.74, 6) is 0.110. The first kappa shape index (κ1) is 29.6. The number of hydrogen-bond acceptors (Lipinski definition) is 8. The second-order valence-electron chi connectivity index (χ2n) is 12.3. The Morgan fingerprint density at radius 3 is 2.62 bits per heavy atom. The van der Waals surface area contributed by atoms with Crippen molar-refractivity contribution in [1.29, 1.82) is 0 Å². The Morgan fingerprint density at radius 1 is 1.04 bits per heavy atom. The van der Waals surface area contributed by atoms with E-state index in [2.05, 4.69) is 15.5 Å². The van der Waals surface area contributed by atoms with Gasteiger partial charge in [0.2, 0.25) is 11.8 Å². The molecule has 8 rings (SSSR count). The van der Waals surface area contributed by atoms with Crippen molar-refractivity contribution in [1.82, 2.24) is 25.4 Å². The minimum atomic E-state index is -0.290. The largest absolute Gasteiger partial charge is 0.421 e. The van der Waals surface area contributed by atoms with Gasteiger partial charge in [0.15, 0.2) is 0 Å². The molecule has 3 atom stereocenters. The van der Waals surface area contributed by atoms with Gasteiger partial charge >= 0.3 is 0 Å². The van der Waals surface area contributed by atoms with Crippen LogP contribution in [0.5, 0.6) is 0 Å². The van der Waals surface area contributed by atoms with Crippen molar-refractivity contribution in [2.24, 2.45) is 0 Å². The van der Waals surface area contributed by atoms with Gasteiger partial charge < -0.3 is 19.4 Å². The Hall–Kier alpha value is -4.74. The third-order valence-electron chi connectivity index (χ3n) is 9.48. The average Bonchev–Trinajstić information content (AvgIpc) is 3.92. The highest BCUT2D eigenvalue weighted by atomic mass is 32.1. The number of hydrogen-bond donors (Lipinski definition) is 1. The van der Waals surface area contributed by atoms with Crippen molar-refractivity contribution < 1.29 is 23.1 Å². The molecule has 1 N–H and O–H groups in total. The third-order valence-corrected chi connectivity index (χ3v) is 10.6. The molecule has 47 heavy (non-hydrogen) atoms. The topological polar surface area (TPSA) is 110 Å². The second kappa shape index (κ2) is 11.8. The van der Waals surface area contributed by atoms with Crippen LogP contribution in [0.1, 0.15) is 91.4 Å². The van der Waals surface area contributed by atoms with E-state index < -0.39 is 0 Å². The molecule has 2 aliphatic heterocycles. The van der Waals surface area contributed by atoms with Crippen LogP contribution in [-0.2, 0) is 17.6 Å². The molecule has 1 aliphatic carbocycles. The van der Waals surface area contributed by atoms with E-state index in [-0.39, 0.29) is 41.7 Å². The van der Waals surface area contributed by atoms with E-state index in [4.69, 9.17) is 14.1 Å². The van der Waals surface area contributed by atoms with Crippen molar-refractivity contribution in [2.75, 3.05) is 13.7 Å². The van der Waals surface area contributed by atoms with Gasteiger partial charge in [-0.1, -0.05) is 36.4 Å². The summed E-state index contributed by atoms with van der Waals surface area (Å²) in [7, 11) is 1.69. The van der Waals surface area contributed by atoms with Crippen LogP contribution < -0.4 is 5.32 Å². The highest BCUT2D eigenvalue weighted by Crippen LogP contribution is 2.49. The number of fused-ring (bicyclic) bond motifs is 4. The lowest BCUT2D eigenvalue weighted by molar-refractivity contribution is 0.0775. The summed E-state index contributed by atoms with van der Waals surface area (Å²) in [5, 5.41) is 11.7. The molecule has 11 heteroatoms. The van der Waals surface area contributed by atoms with E-state index in [1.165, 1.54) is 23.5 Å². The van der Waals surface area contributed by atoms with Crippen LogP contribution in [0.15, 0.2) is 65.1 Å². The summed E-state index contributed by atoms with van der Waals surface area (Å²) >= 11 is 1.33. The maximum atomic E-state index is 14.0. The van der Waals surface area contributed by atoms with Gasteiger partial charge in [-0.25, -0.2) is 4.39 Å². The molecule has 238 valence electrons. The van der Waals surface area contributed by atoms with Crippen LogP contribution in [0, 0.1) is 12.7 Å². The Bertz CT molecular complexity index is 2020. The van der Waals surface area contributed by atoms with Gasteiger partial charge in [-0.15, -0.1) is 21.5 Å². The Morgan fingerprint density at radius 2 is 1.85 bits per heavy atom. The van der Waals surface area contributed by atoms with Crippen LogP contribution >= 0.6 is 11.3 Å². The monoisotopic (exact) mass is 649 g/mol. The molecule has 2 aromatic carbocycles. The Kier molecular flexibility index (Phi) is 7.45. The standard InChI is InChI=1S/C36H32FN5O4S/c1-19-40-41-35(46-19)30-24(14-11-20-9-12-21(37)13-10-20)38-33-26-8-5-17-42(26)36(44)32(33)31(30)28-15-16-29(47-28)34(43)39-25-18-27(45-2)23-7-4-3-6-22(23)25/h3-4,6-7,9-10,12-13,15-16,25-27H,5,8,11,14,17-18H2,1-2H3,(H,39,43)/t25-,26-,27-/m1/s1. The normalized spacial score (nSPS) is 19.6. The molecule has 0 radical (unpaired) electrons. The average molecular weight is 650 g/mol. The van der Waals surface area contributed by atoms with Crippen molar-refractivity contribution >= 4 is 23.2 Å². The number of rotatable bonds is 8. The van der Waals surface area contributed by atoms with Crippen molar-refractivity contribution in [3.63, 3.8) is 0 Å². The molecular formula is C36H32FN5O4S. The Balaban J connectivity index is 1.21. The zero-order valence-electron chi connectivity index (χ0n) is 26.0. The molecular weight excluding hydrogens is 617 g/mol. The van der Waals surface area contributed by atoms with Crippen LogP contribution in [0.25, 0.3) is 21.9 Å². The minimum Gasteiger partial charge on any atom is -0.421 e. The molecule has 2 amide bonds. The lowest BCUT2D eigenvalue weighted by Gasteiger charge is -2.16. The molecule has 9 nitrogen and oxygen atoms in total. The lowest BCUT2D eigenvalue weighted by Crippen LogP contribution is -2.26. The van der Waals surface area contributed by atoms with Gasteiger partial charge in [0, 0.05) is 37.4 Å². The molecule has 5 heterocycles. The van der Waals surface area contributed by atoms with E-state index in [0.29, 0.717) is 53.3 Å². The fourth-order valence-corrected chi connectivity index (χ4v) is 8.26. The number of carbonyl (C=O) groups excluding carboxylic acids is 2. The number of methoxy groups -OCH3 is 1. The number of pyridine rings is 1. The second-order valence-corrected chi connectivity index (χ2v) is 13.3. The number of carbonyl (C=O) groups is 2. The first-order valence-electron chi connectivity index (χ1n) is 15.8. The summed E-state index contributed by atoms with van der Waals surface area (Å²) in [6, 6.07) is 17.9. The lowest BCUT2D eigenvalue weighted by atomic mass is 9.93. The number of aryl methyl sites for hydroxylation is 3. The zero-order chi connectivity index (χ0) is 32.2. The number of halogens is 1. The number of thiophene rings is 1. The van der Waals surface area contributed by atoms with Crippen molar-refractivity contribution in [3.05, 3.63) is 111 Å². The summed E-state index contributed by atoms with van der Waals surface area (Å²) in [6.07, 6.45) is 3.43. The molecule has 1 saturated heterocycles. The Labute approximate surface area is 274 Å². The number of amides is 2. The molecule has 0 unspecified atom stereocenters. The summed E-state index contributed by atoms with van der Waals surface area (Å²) in [4.78, 5) is 36.1. The number of nitrogens with zero attached hydrogens (tertiary/aromatic N) is 4. The van der Waals surface area contributed by atoms with Gasteiger partial charge in [0.05, 0.1) is 45.6 Å². The predicted molar refractivity (Wildman–Crippen MR) is 173 cm³/mol. The first-order valence-corrected chi connectivity index (χ1v) is 16.7. The number of aromatic nitrogens is 3. The highest BCUT2D eigenvalue weighted by Gasteiger charge is 2.45. The van der Waals surface area contributed by atoms with Crippen LogP contribution in [0.4, 0.5) is 4.39 Å². The molecule has 5 aromatic rings. The van der Waals surface area contributed by atoms with E-state index in [0.717, 1.165) is 45.8 Å².